The highest BCUT2D eigenvalue weighted by molar-refractivity contribution is 9.10. The smallest absolute Gasteiger partial charge is 0.227 e. The van der Waals surface area contributed by atoms with Crippen molar-refractivity contribution < 1.29 is 9.18 Å². The van der Waals surface area contributed by atoms with Crippen molar-refractivity contribution in [3.05, 3.63) is 34.1 Å². The van der Waals surface area contributed by atoms with Gasteiger partial charge >= 0.3 is 0 Å². The molecule has 1 amide bonds. The van der Waals surface area contributed by atoms with Gasteiger partial charge in [0.05, 0.1) is 10.9 Å². The lowest BCUT2D eigenvalue weighted by Gasteiger charge is -2.34. The summed E-state index contributed by atoms with van der Waals surface area (Å²) in [6, 6.07) is 4.82. The number of amides is 1. The molecule has 0 saturated carbocycles. The fraction of sp³-hybridized carbons (Fsp3) is 0.533. The molecule has 0 radical (unpaired) electrons. The highest BCUT2D eigenvalue weighted by Gasteiger charge is 2.25. The second kappa shape index (κ2) is 6.68. The number of hydrogen-bond acceptors (Lipinski definition) is 2. The van der Waals surface area contributed by atoms with Crippen LogP contribution in [-0.2, 0) is 11.2 Å². The number of carbonyl (C=O) groups is 1. The minimum absolute atomic E-state index is 0.0915. The SMILES string of the molecule is C[C@@H](N)[C@@H]1CCCN(C(=O)Cc2ccc(F)c(Br)c2)C1. The van der Waals surface area contributed by atoms with Crippen LogP contribution in [0, 0.1) is 11.7 Å². The molecule has 0 aromatic heterocycles. The lowest BCUT2D eigenvalue weighted by Crippen LogP contribution is -2.45. The zero-order valence-corrected chi connectivity index (χ0v) is 13.2. The number of nitrogens with zero attached hydrogens (tertiary/aromatic N) is 1. The van der Waals surface area contributed by atoms with Crippen LogP contribution < -0.4 is 5.73 Å². The summed E-state index contributed by atoms with van der Waals surface area (Å²) in [7, 11) is 0. The molecule has 0 aliphatic carbocycles. The van der Waals surface area contributed by atoms with Crippen LogP contribution in [0.2, 0.25) is 0 Å². The molecule has 5 heteroatoms. The summed E-state index contributed by atoms with van der Waals surface area (Å²) < 4.78 is 13.6. The highest BCUT2D eigenvalue weighted by Crippen LogP contribution is 2.21. The Morgan fingerprint density at radius 3 is 3.00 bits per heavy atom. The number of benzene rings is 1. The molecule has 2 atom stereocenters. The molecular formula is C15H20BrFN2O. The first kappa shape index (κ1) is 15.4. The van der Waals surface area contributed by atoms with Crippen LogP contribution in [0.1, 0.15) is 25.3 Å². The van der Waals surface area contributed by atoms with Crippen LogP contribution in [0.15, 0.2) is 22.7 Å². The van der Waals surface area contributed by atoms with Crippen LogP contribution in [0.3, 0.4) is 0 Å². The Bertz CT molecular complexity index is 493. The molecule has 1 aromatic carbocycles. The summed E-state index contributed by atoms with van der Waals surface area (Å²) in [6.07, 6.45) is 2.40. The Balaban J connectivity index is 1.98. The van der Waals surface area contributed by atoms with Crippen LogP contribution in [0.25, 0.3) is 0 Å². The maximum atomic E-state index is 13.2. The predicted octanol–water partition coefficient (Wildman–Crippen LogP) is 2.72. The van der Waals surface area contributed by atoms with Crippen LogP contribution in [0.4, 0.5) is 4.39 Å². The highest BCUT2D eigenvalue weighted by atomic mass is 79.9. The van der Waals surface area contributed by atoms with Crippen molar-refractivity contribution in [1.29, 1.82) is 0 Å². The maximum absolute atomic E-state index is 13.2. The number of likely N-dealkylation sites (tertiary alicyclic amines) is 1. The van der Waals surface area contributed by atoms with E-state index in [0.29, 0.717) is 16.8 Å². The van der Waals surface area contributed by atoms with Crippen molar-refractivity contribution in [1.82, 2.24) is 4.90 Å². The molecule has 0 spiro atoms. The first-order chi connectivity index (χ1) is 9.47. The first-order valence-electron chi connectivity index (χ1n) is 6.94. The van der Waals surface area contributed by atoms with Gasteiger partial charge in [-0.2, -0.15) is 0 Å². The minimum Gasteiger partial charge on any atom is -0.342 e. The topological polar surface area (TPSA) is 46.3 Å². The van der Waals surface area contributed by atoms with Crippen LogP contribution >= 0.6 is 15.9 Å². The number of halogens is 2. The summed E-state index contributed by atoms with van der Waals surface area (Å²) in [4.78, 5) is 14.2. The molecular weight excluding hydrogens is 323 g/mol. The largest absolute Gasteiger partial charge is 0.342 e. The van der Waals surface area contributed by atoms with Crippen molar-refractivity contribution in [2.75, 3.05) is 13.1 Å². The van der Waals surface area contributed by atoms with Gasteiger partial charge in [0.15, 0.2) is 0 Å². The average molecular weight is 343 g/mol. The maximum Gasteiger partial charge on any atom is 0.227 e. The zero-order chi connectivity index (χ0) is 14.7. The first-order valence-corrected chi connectivity index (χ1v) is 7.74. The Labute approximate surface area is 127 Å². The second-order valence-electron chi connectivity index (χ2n) is 5.53. The second-order valence-corrected chi connectivity index (χ2v) is 6.38. The van der Waals surface area contributed by atoms with E-state index in [-0.39, 0.29) is 17.8 Å². The van der Waals surface area contributed by atoms with E-state index in [4.69, 9.17) is 5.73 Å². The number of hydrogen-bond donors (Lipinski definition) is 1. The number of carbonyl (C=O) groups excluding carboxylic acids is 1. The fourth-order valence-electron chi connectivity index (χ4n) is 2.60. The molecule has 110 valence electrons. The van der Waals surface area contributed by atoms with E-state index in [0.717, 1.165) is 31.5 Å². The van der Waals surface area contributed by atoms with E-state index >= 15 is 0 Å². The Kier molecular flexibility index (Phi) is 5.16. The van der Waals surface area contributed by atoms with Crippen molar-refractivity contribution >= 4 is 21.8 Å². The quantitative estimate of drug-likeness (QED) is 0.917. The van der Waals surface area contributed by atoms with Crippen molar-refractivity contribution in [2.24, 2.45) is 11.7 Å². The van der Waals surface area contributed by atoms with Crippen molar-refractivity contribution in [3.8, 4) is 0 Å². The van der Waals surface area contributed by atoms with Gasteiger partial charge in [0, 0.05) is 19.1 Å². The molecule has 1 aromatic rings. The van der Waals surface area contributed by atoms with Gasteiger partial charge < -0.3 is 10.6 Å². The minimum atomic E-state index is -0.309. The third-order valence-corrected chi connectivity index (χ3v) is 4.50. The molecule has 3 nitrogen and oxygen atoms in total. The van der Waals surface area contributed by atoms with Gasteiger partial charge in [-0.3, -0.25) is 4.79 Å². The van der Waals surface area contributed by atoms with Gasteiger partial charge in [-0.05, 0) is 59.3 Å². The number of rotatable bonds is 3. The van der Waals surface area contributed by atoms with E-state index in [1.54, 1.807) is 12.1 Å². The molecule has 2 rings (SSSR count). The molecule has 2 N–H and O–H groups in total. The zero-order valence-electron chi connectivity index (χ0n) is 11.6. The Morgan fingerprint density at radius 1 is 1.60 bits per heavy atom. The predicted molar refractivity (Wildman–Crippen MR) is 80.8 cm³/mol. The summed E-state index contributed by atoms with van der Waals surface area (Å²) in [5.41, 5.74) is 6.76. The summed E-state index contributed by atoms with van der Waals surface area (Å²) in [5.74, 6) is 0.165. The summed E-state index contributed by atoms with van der Waals surface area (Å²) >= 11 is 3.14. The van der Waals surface area contributed by atoms with Gasteiger partial charge in [0.2, 0.25) is 5.91 Å². The average Bonchev–Trinajstić information content (AvgIpc) is 2.43. The lowest BCUT2D eigenvalue weighted by molar-refractivity contribution is -0.132. The molecule has 1 heterocycles. The van der Waals surface area contributed by atoms with E-state index in [1.165, 1.54) is 6.07 Å². The van der Waals surface area contributed by atoms with E-state index in [9.17, 15) is 9.18 Å². The Hall–Kier alpha value is -0.940. The van der Waals surface area contributed by atoms with Gasteiger partial charge in [-0.25, -0.2) is 4.39 Å². The van der Waals surface area contributed by atoms with Gasteiger partial charge in [0.25, 0.3) is 0 Å². The van der Waals surface area contributed by atoms with E-state index in [2.05, 4.69) is 15.9 Å². The van der Waals surface area contributed by atoms with Gasteiger partial charge in [-0.1, -0.05) is 6.07 Å². The standard InChI is InChI=1S/C15H20BrFN2O/c1-10(18)12-3-2-6-19(9-12)15(20)8-11-4-5-14(17)13(16)7-11/h4-5,7,10,12H,2-3,6,8-9,18H2,1H3/t10-,12-/m1/s1. The molecule has 0 unspecified atom stereocenters. The lowest BCUT2D eigenvalue weighted by atomic mass is 9.92. The fourth-order valence-corrected chi connectivity index (χ4v) is 3.03. The third kappa shape index (κ3) is 3.79. The van der Waals surface area contributed by atoms with E-state index in [1.807, 2.05) is 11.8 Å². The number of nitrogens with two attached hydrogens (primary N) is 1. The van der Waals surface area contributed by atoms with Crippen molar-refractivity contribution in [3.63, 3.8) is 0 Å². The van der Waals surface area contributed by atoms with Gasteiger partial charge in [0.1, 0.15) is 5.82 Å². The summed E-state index contributed by atoms with van der Waals surface area (Å²) in [6.45, 7) is 3.53. The number of piperidine rings is 1. The monoisotopic (exact) mass is 342 g/mol. The van der Waals surface area contributed by atoms with E-state index < -0.39 is 0 Å². The molecule has 1 aliphatic rings. The molecule has 0 bridgehead atoms. The normalized spacial score (nSPS) is 20.8. The molecule has 1 aliphatic heterocycles. The molecule has 1 fully saturated rings. The summed E-state index contributed by atoms with van der Waals surface area (Å²) in [5, 5.41) is 0. The molecule has 20 heavy (non-hydrogen) atoms. The van der Waals surface area contributed by atoms with Gasteiger partial charge in [-0.15, -0.1) is 0 Å². The third-order valence-electron chi connectivity index (χ3n) is 3.89. The van der Waals surface area contributed by atoms with Crippen LogP contribution in [-0.4, -0.2) is 29.9 Å². The van der Waals surface area contributed by atoms with Crippen molar-refractivity contribution in [2.45, 2.75) is 32.2 Å². The molecule has 1 saturated heterocycles. The van der Waals surface area contributed by atoms with Crippen LogP contribution in [0.5, 0.6) is 0 Å². The Morgan fingerprint density at radius 2 is 2.35 bits per heavy atom.